The lowest BCUT2D eigenvalue weighted by Crippen LogP contribution is -2.45. The molecule has 79 heavy (non-hydrogen) atoms. The fraction of sp³-hybridized carbons (Fsp3) is 0.863. The van der Waals surface area contributed by atoms with E-state index in [1.807, 2.05) is 6.08 Å². The number of carbonyl (C=O) groups excluding carboxylic acids is 2. The summed E-state index contributed by atoms with van der Waals surface area (Å²) in [6.45, 7) is 4.89. The first-order valence-corrected chi connectivity index (χ1v) is 35.4. The minimum Gasteiger partial charge on any atom is -0.466 e. The Hall–Kier alpha value is -2.18. The highest BCUT2D eigenvalue weighted by Gasteiger charge is 2.18. The highest BCUT2D eigenvalue weighted by molar-refractivity contribution is 5.76. The monoisotopic (exact) mass is 1110 g/mol. The third-order valence-electron chi connectivity index (χ3n) is 16.3. The maximum absolute atomic E-state index is 12.5. The van der Waals surface area contributed by atoms with Crippen LogP contribution in [0.1, 0.15) is 380 Å². The lowest BCUT2D eigenvalue weighted by atomic mass is 10.0. The minimum absolute atomic E-state index is 0.00536. The molecule has 2 atom stereocenters. The molecule has 1 amide bonds. The summed E-state index contributed by atoms with van der Waals surface area (Å²) < 4.78 is 5.46. The predicted octanol–water partition coefficient (Wildman–Crippen LogP) is 22.9. The predicted molar refractivity (Wildman–Crippen MR) is 347 cm³/mol. The molecule has 0 bridgehead atoms. The number of hydrogen-bond donors (Lipinski definition) is 3. The number of esters is 1. The quantitative estimate of drug-likeness (QED) is 0.0320. The second kappa shape index (κ2) is 68.3. The first kappa shape index (κ1) is 76.8. The second-order valence-corrected chi connectivity index (χ2v) is 24.2. The molecule has 0 saturated carbocycles. The van der Waals surface area contributed by atoms with Gasteiger partial charge in [0.05, 0.1) is 25.4 Å². The molecule has 0 spiro atoms. The highest BCUT2D eigenvalue weighted by Crippen LogP contribution is 2.18. The molecule has 0 saturated heterocycles. The molecule has 0 aromatic carbocycles. The SMILES string of the molecule is CCCC/C=C\CCCCCCCC(=O)OCCCCCCCCCCCCC/C=C\C/C=C\CCCCCCCCCCCCCCCCCCCC(=O)NC(CO)C(O)/C=C/CCCCCCCCCCCCCCCC. The summed E-state index contributed by atoms with van der Waals surface area (Å²) in [7, 11) is 0. The molecule has 0 aliphatic heterocycles. The molecule has 0 fully saturated rings. The molecule has 464 valence electrons. The van der Waals surface area contributed by atoms with E-state index in [9.17, 15) is 19.8 Å². The smallest absolute Gasteiger partial charge is 0.305 e. The zero-order valence-corrected chi connectivity index (χ0v) is 53.1. The van der Waals surface area contributed by atoms with Crippen LogP contribution in [0.5, 0.6) is 0 Å². The van der Waals surface area contributed by atoms with Gasteiger partial charge in [0.25, 0.3) is 0 Å². The van der Waals surface area contributed by atoms with E-state index >= 15 is 0 Å². The van der Waals surface area contributed by atoms with Crippen molar-refractivity contribution >= 4 is 11.9 Å². The van der Waals surface area contributed by atoms with E-state index in [-0.39, 0.29) is 18.5 Å². The van der Waals surface area contributed by atoms with Crippen LogP contribution in [0.4, 0.5) is 0 Å². The summed E-state index contributed by atoms with van der Waals surface area (Å²) in [4.78, 5) is 24.5. The summed E-state index contributed by atoms with van der Waals surface area (Å²) in [5.41, 5.74) is 0. The van der Waals surface area contributed by atoms with Gasteiger partial charge in [0, 0.05) is 12.8 Å². The first-order valence-electron chi connectivity index (χ1n) is 35.4. The summed E-state index contributed by atoms with van der Waals surface area (Å²) >= 11 is 0. The van der Waals surface area contributed by atoms with Gasteiger partial charge in [-0.25, -0.2) is 0 Å². The van der Waals surface area contributed by atoms with Crippen molar-refractivity contribution in [3.05, 3.63) is 48.6 Å². The Balaban J connectivity index is 3.39. The number of hydrogen-bond acceptors (Lipinski definition) is 5. The van der Waals surface area contributed by atoms with Crippen LogP contribution in [0.2, 0.25) is 0 Å². The number of amides is 1. The summed E-state index contributed by atoms with van der Waals surface area (Å²) in [6, 6.07) is -0.626. The Kier molecular flexibility index (Phi) is 66.4. The summed E-state index contributed by atoms with van der Waals surface area (Å²) in [5, 5.41) is 23.2. The number of rotatable bonds is 66. The van der Waals surface area contributed by atoms with Crippen molar-refractivity contribution in [2.75, 3.05) is 13.2 Å². The summed E-state index contributed by atoms with van der Waals surface area (Å²) in [5.74, 6) is -0.0581. The Bertz CT molecular complexity index is 1320. The van der Waals surface area contributed by atoms with E-state index in [4.69, 9.17) is 4.74 Å². The molecule has 6 nitrogen and oxygen atoms in total. The molecular formula is C73H137NO5. The average Bonchev–Trinajstić information content (AvgIpc) is 3.45. The van der Waals surface area contributed by atoms with E-state index in [1.54, 1.807) is 6.08 Å². The molecule has 0 aromatic heterocycles. The molecule has 0 aromatic rings. The van der Waals surface area contributed by atoms with Crippen molar-refractivity contribution in [1.29, 1.82) is 0 Å². The molecular weight excluding hydrogens is 971 g/mol. The fourth-order valence-electron chi connectivity index (χ4n) is 10.9. The normalized spacial score (nSPS) is 12.8. The molecule has 0 heterocycles. The molecule has 3 N–H and O–H groups in total. The van der Waals surface area contributed by atoms with Gasteiger partial charge in [-0.3, -0.25) is 9.59 Å². The molecule has 0 radical (unpaired) electrons. The third-order valence-corrected chi connectivity index (χ3v) is 16.3. The molecule has 0 aliphatic carbocycles. The number of allylic oxidation sites excluding steroid dienone is 7. The van der Waals surface area contributed by atoms with Crippen LogP contribution in [0.3, 0.4) is 0 Å². The standard InChI is InChI=1S/C73H137NO5/c1-3-5-7-9-11-13-15-16-17-39-42-46-49-53-57-61-65-71(76)70(69-75)74-72(77)66-62-58-54-50-47-43-40-37-35-33-31-29-27-25-23-21-19-18-20-22-24-26-28-30-32-34-36-38-41-44-48-52-56-60-64-68-79-73(78)67-63-59-55-51-45-14-12-10-8-6-4-2/h10,12,20,22,26,28,61,65,70-71,75-76H,3-9,11,13-19,21,23-25,27,29-60,62-64,66-69H2,1-2H3,(H,74,77)/b12-10-,22-20-,28-26-,65-61+. The Morgan fingerprint density at radius 1 is 0.354 bits per heavy atom. The lowest BCUT2D eigenvalue weighted by Gasteiger charge is -2.20. The van der Waals surface area contributed by atoms with E-state index < -0.39 is 12.1 Å². The van der Waals surface area contributed by atoms with Gasteiger partial charge < -0.3 is 20.3 Å². The van der Waals surface area contributed by atoms with E-state index in [2.05, 4.69) is 55.6 Å². The van der Waals surface area contributed by atoms with Gasteiger partial charge >= 0.3 is 5.97 Å². The summed E-state index contributed by atoms with van der Waals surface area (Å²) in [6.07, 6.45) is 89.2. The molecule has 0 rings (SSSR count). The average molecular weight is 1110 g/mol. The van der Waals surface area contributed by atoms with E-state index in [0.717, 1.165) is 51.4 Å². The zero-order chi connectivity index (χ0) is 57.1. The van der Waals surface area contributed by atoms with Crippen molar-refractivity contribution in [1.82, 2.24) is 5.32 Å². The third kappa shape index (κ3) is 64.8. The Labute approximate surface area is 493 Å². The maximum Gasteiger partial charge on any atom is 0.305 e. The van der Waals surface area contributed by atoms with Gasteiger partial charge in [-0.2, -0.15) is 0 Å². The van der Waals surface area contributed by atoms with Crippen molar-refractivity contribution < 1.29 is 24.5 Å². The van der Waals surface area contributed by atoms with Gasteiger partial charge in [0.15, 0.2) is 0 Å². The molecule has 6 heteroatoms. The zero-order valence-electron chi connectivity index (χ0n) is 53.1. The largest absolute Gasteiger partial charge is 0.466 e. The van der Waals surface area contributed by atoms with Gasteiger partial charge in [-0.15, -0.1) is 0 Å². The second-order valence-electron chi connectivity index (χ2n) is 24.2. The first-order chi connectivity index (χ1) is 39.0. The van der Waals surface area contributed by atoms with Crippen LogP contribution in [-0.2, 0) is 14.3 Å². The Morgan fingerprint density at radius 3 is 1.01 bits per heavy atom. The number of aliphatic hydroxyl groups excluding tert-OH is 2. The molecule has 2 unspecified atom stereocenters. The number of carbonyl (C=O) groups is 2. The van der Waals surface area contributed by atoms with Crippen LogP contribution >= 0.6 is 0 Å². The number of ether oxygens (including phenoxy) is 1. The topological polar surface area (TPSA) is 95.9 Å². The van der Waals surface area contributed by atoms with E-state index in [0.29, 0.717) is 19.4 Å². The van der Waals surface area contributed by atoms with Gasteiger partial charge in [-0.1, -0.05) is 332 Å². The number of unbranched alkanes of at least 4 members (excludes halogenated alkanes) is 49. The Morgan fingerprint density at radius 2 is 0.646 bits per heavy atom. The maximum atomic E-state index is 12.5. The van der Waals surface area contributed by atoms with Crippen LogP contribution in [0, 0.1) is 0 Å². The van der Waals surface area contributed by atoms with E-state index in [1.165, 1.54) is 302 Å². The molecule has 0 aliphatic rings. The number of aliphatic hydroxyl groups is 2. The van der Waals surface area contributed by atoms with Crippen molar-refractivity contribution in [2.45, 2.75) is 392 Å². The van der Waals surface area contributed by atoms with Crippen LogP contribution in [-0.4, -0.2) is 47.4 Å². The van der Waals surface area contributed by atoms with Crippen LogP contribution < -0.4 is 5.32 Å². The van der Waals surface area contributed by atoms with Gasteiger partial charge in [0.1, 0.15) is 0 Å². The van der Waals surface area contributed by atoms with Gasteiger partial charge in [-0.05, 0) is 83.5 Å². The fourth-order valence-corrected chi connectivity index (χ4v) is 10.9. The van der Waals surface area contributed by atoms with Crippen LogP contribution in [0.25, 0.3) is 0 Å². The van der Waals surface area contributed by atoms with Crippen molar-refractivity contribution in [3.63, 3.8) is 0 Å². The number of nitrogens with one attached hydrogen (secondary N) is 1. The minimum atomic E-state index is -0.843. The van der Waals surface area contributed by atoms with Crippen LogP contribution in [0.15, 0.2) is 48.6 Å². The van der Waals surface area contributed by atoms with Crippen molar-refractivity contribution in [3.8, 4) is 0 Å². The highest BCUT2D eigenvalue weighted by atomic mass is 16.5. The lowest BCUT2D eigenvalue weighted by molar-refractivity contribution is -0.143. The van der Waals surface area contributed by atoms with Gasteiger partial charge in [0.2, 0.25) is 5.91 Å². The van der Waals surface area contributed by atoms with Crippen molar-refractivity contribution in [2.24, 2.45) is 0 Å².